The van der Waals surface area contributed by atoms with Crippen molar-refractivity contribution < 1.29 is 22.6 Å². The number of pyridine rings is 1. The van der Waals surface area contributed by atoms with Crippen LogP contribution in [0.5, 0.6) is 11.5 Å². The number of nitrogens with zero attached hydrogens (tertiary/aromatic N) is 2. The van der Waals surface area contributed by atoms with E-state index in [4.69, 9.17) is 9.47 Å². The van der Waals surface area contributed by atoms with Gasteiger partial charge in [-0.3, -0.25) is 0 Å². The van der Waals surface area contributed by atoms with E-state index in [1.165, 1.54) is 6.20 Å². The summed E-state index contributed by atoms with van der Waals surface area (Å²) in [6.45, 7) is 0.638. The van der Waals surface area contributed by atoms with E-state index in [0.717, 1.165) is 30.5 Å². The number of hydrogen-bond donors (Lipinski definition) is 0. The van der Waals surface area contributed by atoms with Gasteiger partial charge in [-0.15, -0.1) is 0 Å². The molecule has 2 heterocycles. The minimum absolute atomic E-state index is 0.110. The number of aromatic nitrogens is 1. The first kappa shape index (κ1) is 17.4. The smallest absolute Gasteiger partial charge is 0.416 e. The Balaban J connectivity index is 1.99. The molecule has 1 unspecified atom stereocenters. The predicted molar refractivity (Wildman–Crippen MR) is 88.1 cm³/mol. The fraction of sp³-hybridized carbons (Fsp3) is 0.389. The second kappa shape index (κ2) is 6.82. The van der Waals surface area contributed by atoms with Gasteiger partial charge in [-0.25, -0.2) is 4.98 Å². The normalized spacial score (nSPS) is 17.6. The first-order chi connectivity index (χ1) is 11.9. The van der Waals surface area contributed by atoms with E-state index in [9.17, 15) is 13.2 Å². The van der Waals surface area contributed by atoms with E-state index < -0.39 is 11.7 Å². The molecule has 1 aromatic heterocycles. The molecule has 0 amide bonds. The molecule has 0 radical (unpaired) electrons. The van der Waals surface area contributed by atoms with Crippen LogP contribution in [0.3, 0.4) is 0 Å². The van der Waals surface area contributed by atoms with Gasteiger partial charge < -0.3 is 14.4 Å². The monoisotopic (exact) mass is 352 g/mol. The van der Waals surface area contributed by atoms with Crippen LogP contribution in [0.2, 0.25) is 0 Å². The first-order valence-corrected chi connectivity index (χ1v) is 7.96. The van der Waals surface area contributed by atoms with Crippen LogP contribution in [0.25, 0.3) is 0 Å². The number of ether oxygens (including phenoxy) is 2. The highest BCUT2D eigenvalue weighted by Gasteiger charge is 2.34. The van der Waals surface area contributed by atoms with Gasteiger partial charge in [0, 0.05) is 18.3 Å². The lowest BCUT2D eigenvalue weighted by atomic mass is 10.0. The van der Waals surface area contributed by atoms with E-state index in [1.54, 1.807) is 20.3 Å². The highest BCUT2D eigenvalue weighted by Crippen LogP contribution is 2.41. The number of alkyl halides is 3. The van der Waals surface area contributed by atoms with Gasteiger partial charge in [-0.2, -0.15) is 13.2 Å². The third kappa shape index (κ3) is 3.50. The van der Waals surface area contributed by atoms with E-state index in [1.807, 2.05) is 17.0 Å². The van der Waals surface area contributed by atoms with Crippen molar-refractivity contribution in [3.8, 4) is 11.5 Å². The van der Waals surface area contributed by atoms with Crippen LogP contribution in [0, 0.1) is 0 Å². The summed E-state index contributed by atoms with van der Waals surface area (Å²) in [6.07, 6.45) is -1.51. The summed E-state index contributed by atoms with van der Waals surface area (Å²) in [6, 6.07) is 7.45. The fourth-order valence-corrected chi connectivity index (χ4v) is 3.22. The molecule has 3 rings (SSSR count). The zero-order chi connectivity index (χ0) is 18.0. The van der Waals surface area contributed by atoms with Gasteiger partial charge in [0.15, 0.2) is 0 Å². The summed E-state index contributed by atoms with van der Waals surface area (Å²) in [5.41, 5.74) is 0.194. The SMILES string of the molecule is COc1ccc(OC)c(C2CCCN2c2cc(C(F)(F)F)ccn2)c1. The number of hydrogen-bond acceptors (Lipinski definition) is 4. The highest BCUT2D eigenvalue weighted by molar-refractivity contribution is 5.51. The average Bonchev–Trinajstić information content (AvgIpc) is 3.10. The fourth-order valence-electron chi connectivity index (χ4n) is 3.22. The zero-order valence-corrected chi connectivity index (χ0v) is 14.0. The predicted octanol–water partition coefficient (Wildman–Crippen LogP) is 4.46. The molecule has 25 heavy (non-hydrogen) atoms. The van der Waals surface area contributed by atoms with Crippen molar-refractivity contribution in [2.45, 2.75) is 25.1 Å². The minimum Gasteiger partial charge on any atom is -0.497 e. The van der Waals surface area contributed by atoms with Crippen LogP contribution in [0.15, 0.2) is 36.5 Å². The van der Waals surface area contributed by atoms with Crippen molar-refractivity contribution in [1.82, 2.24) is 4.98 Å². The molecule has 2 aromatic rings. The molecular formula is C18H19F3N2O2. The Morgan fingerprint density at radius 2 is 1.92 bits per heavy atom. The summed E-state index contributed by atoms with van der Waals surface area (Å²) in [7, 11) is 3.15. The molecule has 1 atom stereocenters. The standard InChI is InChI=1S/C18H19F3N2O2/c1-24-13-5-6-16(25-2)14(11-13)15-4-3-9-23(15)17-10-12(7-8-22-17)18(19,20)21/h5-8,10-11,15H,3-4,9H2,1-2H3. The van der Waals surface area contributed by atoms with Crippen LogP contribution in [-0.4, -0.2) is 25.7 Å². The molecule has 0 spiro atoms. The molecular weight excluding hydrogens is 333 g/mol. The van der Waals surface area contributed by atoms with Crippen LogP contribution < -0.4 is 14.4 Å². The lowest BCUT2D eigenvalue weighted by Crippen LogP contribution is -2.24. The molecule has 1 saturated heterocycles. The summed E-state index contributed by atoms with van der Waals surface area (Å²) < 4.78 is 49.7. The van der Waals surface area contributed by atoms with Gasteiger partial charge in [0.2, 0.25) is 0 Å². The Morgan fingerprint density at radius 1 is 1.12 bits per heavy atom. The molecule has 4 nitrogen and oxygen atoms in total. The molecule has 0 N–H and O–H groups in total. The van der Waals surface area contributed by atoms with Gasteiger partial charge >= 0.3 is 6.18 Å². The van der Waals surface area contributed by atoms with Crippen molar-refractivity contribution in [2.75, 3.05) is 25.7 Å². The van der Waals surface area contributed by atoms with E-state index in [-0.39, 0.29) is 6.04 Å². The van der Waals surface area contributed by atoms with Gasteiger partial charge in [0.1, 0.15) is 17.3 Å². The van der Waals surface area contributed by atoms with Crippen molar-refractivity contribution >= 4 is 5.82 Å². The van der Waals surface area contributed by atoms with Crippen LogP contribution in [-0.2, 0) is 6.18 Å². The highest BCUT2D eigenvalue weighted by atomic mass is 19.4. The number of halogens is 3. The van der Waals surface area contributed by atoms with E-state index in [0.29, 0.717) is 23.9 Å². The van der Waals surface area contributed by atoms with Gasteiger partial charge in [0.05, 0.1) is 25.8 Å². The number of anilines is 1. The molecule has 1 aromatic carbocycles. The average molecular weight is 352 g/mol. The minimum atomic E-state index is -4.39. The maximum atomic E-state index is 13.0. The van der Waals surface area contributed by atoms with Crippen LogP contribution in [0.4, 0.5) is 19.0 Å². The van der Waals surface area contributed by atoms with Crippen molar-refractivity contribution in [3.05, 3.63) is 47.7 Å². The molecule has 0 saturated carbocycles. The van der Waals surface area contributed by atoms with Crippen LogP contribution >= 0.6 is 0 Å². The van der Waals surface area contributed by atoms with Crippen molar-refractivity contribution in [3.63, 3.8) is 0 Å². The summed E-state index contributed by atoms with van der Waals surface area (Å²) in [4.78, 5) is 6.06. The maximum Gasteiger partial charge on any atom is 0.416 e. The van der Waals surface area contributed by atoms with Gasteiger partial charge in [0.25, 0.3) is 0 Å². The lowest BCUT2D eigenvalue weighted by Gasteiger charge is -2.28. The zero-order valence-electron chi connectivity index (χ0n) is 14.0. The molecule has 134 valence electrons. The Bertz CT molecular complexity index is 749. The molecule has 7 heteroatoms. The Morgan fingerprint density at radius 3 is 2.60 bits per heavy atom. The number of benzene rings is 1. The summed E-state index contributed by atoms with van der Waals surface area (Å²) in [5, 5.41) is 0. The quantitative estimate of drug-likeness (QED) is 0.814. The molecule has 0 bridgehead atoms. The second-order valence-corrected chi connectivity index (χ2v) is 5.86. The van der Waals surface area contributed by atoms with Crippen molar-refractivity contribution in [2.24, 2.45) is 0 Å². The first-order valence-electron chi connectivity index (χ1n) is 7.96. The second-order valence-electron chi connectivity index (χ2n) is 5.86. The molecule has 0 aliphatic carbocycles. The van der Waals surface area contributed by atoms with E-state index >= 15 is 0 Å². The Labute approximate surface area is 144 Å². The third-order valence-electron chi connectivity index (χ3n) is 4.42. The van der Waals surface area contributed by atoms with Crippen LogP contribution in [0.1, 0.15) is 30.0 Å². The Hall–Kier alpha value is -2.44. The number of methoxy groups -OCH3 is 2. The number of rotatable bonds is 4. The van der Waals surface area contributed by atoms with Crippen molar-refractivity contribution in [1.29, 1.82) is 0 Å². The third-order valence-corrected chi connectivity index (χ3v) is 4.42. The molecule has 1 aliphatic rings. The van der Waals surface area contributed by atoms with Gasteiger partial charge in [-0.05, 0) is 43.2 Å². The molecule has 1 aliphatic heterocycles. The largest absolute Gasteiger partial charge is 0.497 e. The summed E-state index contributed by atoms with van der Waals surface area (Å²) >= 11 is 0. The maximum absolute atomic E-state index is 13.0. The lowest BCUT2D eigenvalue weighted by molar-refractivity contribution is -0.137. The topological polar surface area (TPSA) is 34.6 Å². The van der Waals surface area contributed by atoms with E-state index in [2.05, 4.69) is 4.98 Å². The van der Waals surface area contributed by atoms with Gasteiger partial charge in [-0.1, -0.05) is 0 Å². The molecule has 1 fully saturated rings. The summed E-state index contributed by atoms with van der Waals surface area (Å²) in [5.74, 6) is 1.69. The Kier molecular flexibility index (Phi) is 4.74.